The summed E-state index contributed by atoms with van der Waals surface area (Å²) in [5.41, 5.74) is 2.08. The Labute approximate surface area is 189 Å². The molecule has 1 unspecified atom stereocenters. The van der Waals surface area contributed by atoms with E-state index in [1.807, 2.05) is 13.0 Å². The van der Waals surface area contributed by atoms with Crippen LogP contribution in [0.25, 0.3) is 5.76 Å². The number of methoxy groups -OCH3 is 1. The van der Waals surface area contributed by atoms with Gasteiger partial charge in [0, 0.05) is 11.3 Å². The van der Waals surface area contributed by atoms with Gasteiger partial charge in [0.15, 0.2) is 0 Å². The maximum Gasteiger partial charge on any atom is 0.300 e. The molecule has 0 aliphatic carbocycles. The standard InChI is InChI=1S/C25H20ClNO5/c1-14-5-3-7-17(11-14)27-22(15-6-4-8-18(28)12-15)21(24(30)25(27)31)23(29)16-9-10-19(26)20(13-16)32-2/h3-13,22,28-29H,1-2H3/b23-21-. The summed E-state index contributed by atoms with van der Waals surface area (Å²) < 4.78 is 5.22. The van der Waals surface area contributed by atoms with E-state index in [-0.39, 0.29) is 22.6 Å². The molecule has 1 fully saturated rings. The number of aromatic hydroxyl groups is 1. The Bertz CT molecular complexity index is 1270. The highest BCUT2D eigenvalue weighted by Gasteiger charge is 2.47. The topological polar surface area (TPSA) is 87.1 Å². The van der Waals surface area contributed by atoms with Crippen molar-refractivity contribution in [1.82, 2.24) is 0 Å². The van der Waals surface area contributed by atoms with Gasteiger partial charge in [-0.25, -0.2) is 0 Å². The second kappa shape index (κ2) is 8.40. The number of carbonyl (C=O) groups excluding carboxylic acids is 2. The lowest BCUT2D eigenvalue weighted by Crippen LogP contribution is -2.29. The molecule has 0 bridgehead atoms. The largest absolute Gasteiger partial charge is 0.508 e. The van der Waals surface area contributed by atoms with Crippen molar-refractivity contribution in [3.63, 3.8) is 0 Å². The summed E-state index contributed by atoms with van der Waals surface area (Å²) in [4.78, 5) is 27.6. The van der Waals surface area contributed by atoms with Gasteiger partial charge in [0.05, 0.1) is 23.7 Å². The van der Waals surface area contributed by atoms with Crippen LogP contribution in [0.1, 0.15) is 22.7 Å². The van der Waals surface area contributed by atoms with Crippen LogP contribution in [0, 0.1) is 6.92 Å². The number of Topliss-reactive ketones (excluding diaryl/α,β-unsaturated/α-hetero) is 1. The van der Waals surface area contributed by atoms with Crippen LogP contribution in [0.4, 0.5) is 5.69 Å². The Kier molecular flexibility index (Phi) is 5.63. The monoisotopic (exact) mass is 449 g/mol. The van der Waals surface area contributed by atoms with Crippen LogP contribution < -0.4 is 9.64 Å². The van der Waals surface area contributed by atoms with E-state index in [0.717, 1.165) is 5.56 Å². The first-order valence-corrected chi connectivity index (χ1v) is 10.2. The Morgan fingerprint density at radius 1 is 1.03 bits per heavy atom. The zero-order valence-electron chi connectivity index (χ0n) is 17.4. The molecule has 32 heavy (non-hydrogen) atoms. The van der Waals surface area contributed by atoms with Crippen molar-refractivity contribution in [2.45, 2.75) is 13.0 Å². The maximum atomic E-state index is 13.1. The smallest absolute Gasteiger partial charge is 0.300 e. The molecular formula is C25H20ClNO5. The highest BCUT2D eigenvalue weighted by molar-refractivity contribution is 6.51. The van der Waals surface area contributed by atoms with Gasteiger partial charge >= 0.3 is 0 Å². The van der Waals surface area contributed by atoms with E-state index in [0.29, 0.717) is 22.0 Å². The highest BCUT2D eigenvalue weighted by atomic mass is 35.5. The summed E-state index contributed by atoms with van der Waals surface area (Å²) in [5, 5.41) is 21.5. The first-order chi connectivity index (χ1) is 15.3. The summed E-state index contributed by atoms with van der Waals surface area (Å²) in [6.45, 7) is 1.88. The van der Waals surface area contributed by atoms with E-state index >= 15 is 0 Å². The van der Waals surface area contributed by atoms with E-state index in [2.05, 4.69) is 0 Å². The fourth-order valence-electron chi connectivity index (χ4n) is 3.85. The van der Waals surface area contributed by atoms with E-state index in [9.17, 15) is 19.8 Å². The van der Waals surface area contributed by atoms with Gasteiger partial charge in [-0.05, 0) is 60.5 Å². The predicted molar refractivity (Wildman–Crippen MR) is 122 cm³/mol. The molecule has 0 radical (unpaired) electrons. The number of halogens is 1. The highest BCUT2D eigenvalue weighted by Crippen LogP contribution is 2.43. The molecule has 0 aromatic heterocycles. The summed E-state index contributed by atoms with van der Waals surface area (Å²) >= 11 is 6.09. The number of phenols is 1. The number of hydrogen-bond acceptors (Lipinski definition) is 5. The first kappa shape index (κ1) is 21.5. The minimum Gasteiger partial charge on any atom is -0.508 e. The molecule has 1 aliphatic rings. The van der Waals surface area contributed by atoms with E-state index in [4.69, 9.17) is 16.3 Å². The molecule has 1 aliphatic heterocycles. The molecule has 2 N–H and O–H groups in total. The lowest BCUT2D eigenvalue weighted by Gasteiger charge is -2.26. The number of carbonyl (C=O) groups is 2. The van der Waals surface area contributed by atoms with Gasteiger partial charge < -0.3 is 14.9 Å². The number of anilines is 1. The van der Waals surface area contributed by atoms with Crippen LogP contribution in [0.15, 0.2) is 72.3 Å². The van der Waals surface area contributed by atoms with Crippen LogP contribution in [-0.4, -0.2) is 29.0 Å². The normalized spacial score (nSPS) is 17.6. The van der Waals surface area contributed by atoms with Crippen molar-refractivity contribution >= 4 is 34.7 Å². The Morgan fingerprint density at radius 3 is 2.47 bits per heavy atom. The zero-order chi connectivity index (χ0) is 23.0. The second-order valence-electron chi connectivity index (χ2n) is 7.45. The summed E-state index contributed by atoms with van der Waals surface area (Å²) in [6, 6.07) is 17.1. The van der Waals surface area contributed by atoms with Crippen molar-refractivity contribution in [2.75, 3.05) is 12.0 Å². The third-order valence-corrected chi connectivity index (χ3v) is 5.65. The summed E-state index contributed by atoms with van der Waals surface area (Å²) in [6.07, 6.45) is 0. The quantitative estimate of drug-likeness (QED) is 0.333. The molecule has 162 valence electrons. The van der Waals surface area contributed by atoms with Crippen molar-refractivity contribution in [1.29, 1.82) is 0 Å². The number of amides is 1. The number of aliphatic hydroxyl groups excluding tert-OH is 1. The van der Waals surface area contributed by atoms with Crippen LogP contribution in [0.2, 0.25) is 5.02 Å². The number of aryl methyl sites for hydroxylation is 1. The number of hydrogen-bond donors (Lipinski definition) is 2. The second-order valence-corrected chi connectivity index (χ2v) is 7.86. The molecule has 1 atom stereocenters. The SMILES string of the molecule is COc1cc(/C(O)=C2/C(=O)C(=O)N(c3cccc(C)c3)C2c2cccc(O)c2)ccc1Cl. The molecule has 3 aromatic rings. The van der Waals surface area contributed by atoms with Gasteiger partial charge in [-0.2, -0.15) is 0 Å². The predicted octanol–water partition coefficient (Wildman–Crippen LogP) is 4.99. The van der Waals surface area contributed by atoms with Crippen LogP contribution in [-0.2, 0) is 9.59 Å². The van der Waals surface area contributed by atoms with Gasteiger partial charge in [-0.3, -0.25) is 14.5 Å². The number of benzene rings is 3. The van der Waals surface area contributed by atoms with Crippen molar-refractivity contribution in [2.24, 2.45) is 0 Å². The average Bonchev–Trinajstić information content (AvgIpc) is 3.04. The van der Waals surface area contributed by atoms with Crippen molar-refractivity contribution in [3.05, 3.63) is 94.0 Å². The minimum atomic E-state index is -0.939. The number of rotatable bonds is 4. The molecule has 4 rings (SSSR count). The molecular weight excluding hydrogens is 430 g/mol. The molecule has 1 heterocycles. The fourth-order valence-corrected chi connectivity index (χ4v) is 4.04. The average molecular weight is 450 g/mol. The van der Waals surface area contributed by atoms with Crippen molar-refractivity contribution < 1.29 is 24.5 Å². The third-order valence-electron chi connectivity index (χ3n) is 5.33. The third kappa shape index (κ3) is 3.69. The first-order valence-electron chi connectivity index (χ1n) is 9.82. The Hall–Kier alpha value is -3.77. The number of ether oxygens (including phenoxy) is 1. The molecule has 6 nitrogen and oxygen atoms in total. The molecule has 3 aromatic carbocycles. The lowest BCUT2D eigenvalue weighted by molar-refractivity contribution is -0.132. The summed E-state index contributed by atoms with van der Waals surface area (Å²) in [7, 11) is 1.44. The zero-order valence-corrected chi connectivity index (χ0v) is 18.1. The molecule has 1 saturated heterocycles. The minimum absolute atomic E-state index is 0.0227. The molecule has 0 spiro atoms. The number of aliphatic hydroxyl groups is 1. The number of ketones is 1. The van der Waals surface area contributed by atoms with E-state index in [1.54, 1.807) is 36.4 Å². The van der Waals surface area contributed by atoms with Crippen LogP contribution in [0.5, 0.6) is 11.5 Å². The van der Waals surface area contributed by atoms with Gasteiger partial charge in [-0.1, -0.05) is 35.9 Å². The van der Waals surface area contributed by atoms with Gasteiger partial charge in [0.1, 0.15) is 17.3 Å². The van der Waals surface area contributed by atoms with Gasteiger partial charge in [0.2, 0.25) is 0 Å². The number of nitrogens with zero attached hydrogens (tertiary/aromatic N) is 1. The molecule has 7 heteroatoms. The Balaban J connectivity index is 1.97. The number of phenolic OH excluding ortho intramolecular Hbond substituents is 1. The lowest BCUT2D eigenvalue weighted by atomic mass is 9.95. The molecule has 1 amide bonds. The fraction of sp³-hybridized carbons (Fsp3) is 0.120. The van der Waals surface area contributed by atoms with Crippen LogP contribution in [0.3, 0.4) is 0 Å². The van der Waals surface area contributed by atoms with Gasteiger partial charge in [0.25, 0.3) is 11.7 Å². The summed E-state index contributed by atoms with van der Waals surface area (Å²) in [5.74, 6) is -1.66. The van der Waals surface area contributed by atoms with Crippen molar-refractivity contribution in [3.8, 4) is 11.5 Å². The van der Waals surface area contributed by atoms with E-state index in [1.165, 1.54) is 36.3 Å². The molecule has 0 saturated carbocycles. The van der Waals surface area contributed by atoms with Crippen LogP contribution >= 0.6 is 11.6 Å². The maximum absolute atomic E-state index is 13.1. The van der Waals surface area contributed by atoms with Gasteiger partial charge in [-0.15, -0.1) is 0 Å². The van der Waals surface area contributed by atoms with E-state index < -0.39 is 17.7 Å². The Morgan fingerprint density at radius 2 is 1.78 bits per heavy atom.